The van der Waals surface area contributed by atoms with Crippen molar-refractivity contribution in [3.05, 3.63) is 28.8 Å². The second-order valence-corrected chi connectivity index (χ2v) is 10.3. The number of aromatic hydroxyl groups is 1. The Morgan fingerprint density at radius 1 is 0.897 bits per heavy atom. The number of rotatable bonds is 11. The highest BCUT2D eigenvalue weighted by atomic mass is 16.5. The monoisotopic (exact) mass is 400 g/mol. The number of fused-ring (bicyclic) bond motifs is 1. The molecule has 2 heteroatoms. The standard InChI is InChI=1S/C27H44O2/c1-19(2)13-14-21(4)11-8-10-20(3)12-9-16-27(7)17-15-24-18-25(28)22(5)23(6)26(24)29-27/h15,17-21,28H,8-14,16H2,1-7H3. The van der Waals surface area contributed by atoms with Gasteiger partial charge in [0.15, 0.2) is 0 Å². The van der Waals surface area contributed by atoms with Gasteiger partial charge >= 0.3 is 0 Å². The Morgan fingerprint density at radius 2 is 1.52 bits per heavy atom. The highest BCUT2D eigenvalue weighted by Gasteiger charge is 2.29. The minimum Gasteiger partial charge on any atom is -0.508 e. The smallest absolute Gasteiger partial charge is 0.131 e. The van der Waals surface area contributed by atoms with Crippen molar-refractivity contribution in [3.8, 4) is 11.5 Å². The fourth-order valence-corrected chi connectivity index (χ4v) is 4.35. The van der Waals surface area contributed by atoms with E-state index in [1.54, 1.807) is 0 Å². The summed E-state index contributed by atoms with van der Waals surface area (Å²) in [5, 5.41) is 10.1. The van der Waals surface area contributed by atoms with Crippen LogP contribution in [0.1, 0.15) is 103 Å². The molecule has 0 aliphatic carbocycles. The third-order valence-electron chi connectivity index (χ3n) is 6.79. The van der Waals surface area contributed by atoms with Crippen LogP contribution in [0.2, 0.25) is 0 Å². The molecule has 1 N–H and O–H groups in total. The minimum atomic E-state index is -0.244. The summed E-state index contributed by atoms with van der Waals surface area (Å²) in [5.74, 6) is 3.78. The number of benzene rings is 1. The van der Waals surface area contributed by atoms with Crippen LogP contribution in [0.4, 0.5) is 0 Å². The lowest BCUT2D eigenvalue weighted by molar-refractivity contribution is 0.121. The molecule has 1 heterocycles. The summed E-state index contributed by atoms with van der Waals surface area (Å²) >= 11 is 0. The zero-order valence-electron chi connectivity index (χ0n) is 20.0. The first kappa shape index (κ1) is 23.8. The maximum atomic E-state index is 10.1. The molecule has 1 aliphatic heterocycles. The van der Waals surface area contributed by atoms with Crippen LogP contribution in [0.3, 0.4) is 0 Å². The molecule has 3 atom stereocenters. The normalized spacial score (nSPS) is 20.4. The lowest BCUT2D eigenvalue weighted by Gasteiger charge is -2.33. The van der Waals surface area contributed by atoms with E-state index in [4.69, 9.17) is 4.74 Å². The molecule has 2 nitrogen and oxygen atoms in total. The molecule has 0 bridgehead atoms. The summed E-state index contributed by atoms with van der Waals surface area (Å²) in [6.07, 6.45) is 14.6. The molecule has 2 rings (SSSR count). The van der Waals surface area contributed by atoms with Crippen LogP contribution in [0.25, 0.3) is 6.08 Å². The molecular weight excluding hydrogens is 356 g/mol. The van der Waals surface area contributed by atoms with Crippen molar-refractivity contribution in [2.75, 3.05) is 0 Å². The van der Waals surface area contributed by atoms with Gasteiger partial charge in [0, 0.05) is 5.56 Å². The minimum absolute atomic E-state index is 0.244. The average Bonchev–Trinajstić information content (AvgIpc) is 2.65. The van der Waals surface area contributed by atoms with Crippen molar-refractivity contribution in [1.82, 2.24) is 0 Å². The van der Waals surface area contributed by atoms with Gasteiger partial charge in [-0.05, 0) is 74.6 Å². The van der Waals surface area contributed by atoms with E-state index in [1.165, 1.54) is 44.9 Å². The van der Waals surface area contributed by atoms with Gasteiger partial charge in [0.1, 0.15) is 17.1 Å². The van der Waals surface area contributed by atoms with E-state index in [0.717, 1.165) is 46.6 Å². The Kier molecular flexibility index (Phi) is 8.67. The van der Waals surface area contributed by atoms with Crippen molar-refractivity contribution in [1.29, 1.82) is 0 Å². The van der Waals surface area contributed by atoms with Gasteiger partial charge in [-0.25, -0.2) is 0 Å². The third-order valence-corrected chi connectivity index (χ3v) is 6.79. The van der Waals surface area contributed by atoms with Crippen molar-refractivity contribution >= 4 is 6.08 Å². The topological polar surface area (TPSA) is 29.5 Å². The molecule has 0 amide bonds. The molecule has 1 aromatic carbocycles. The maximum Gasteiger partial charge on any atom is 0.131 e. The fraction of sp³-hybridized carbons (Fsp3) is 0.704. The lowest BCUT2D eigenvalue weighted by atomic mass is 9.88. The van der Waals surface area contributed by atoms with Crippen LogP contribution >= 0.6 is 0 Å². The zero-order chi connectivity index (χ0) is 21.6. The van der Waals surface area contributed by atoms with Gasteiger partial charge in [-0.1, -0.05) is 72.3 Å². The van der Waals surface area contributed by atoms with Gasteiger partial charge in [-0.15, -0.1) is 0 Å². The first-order valence-corrected chi connectivity index (χ1v) is 11.8. The van der Waals surface area contributed by atoms with Crippen molar-refractivity contribution < 1.29 is 9.84 Å². The molecule has 0 saturated carbocycles. The highest BCUT2D eigenvalue weighted by molar-refractivity contribution is 5.67. The SMILES string of the molecule is Cc1c(O)cc2c(c1C)OC(C)(CCCC(C)CCCC(C)CCC(C)C)C=C2. The Bertz CT molecular complexity index is 688. The number of phenols is 1. The summed E-state index contributed by atoms with van der Waals surface area (Å²) < 4.78 is 6.43. The summed E-state index contributed by atoms with van der Waals surface area (Å²) in [4.78, 5) is 0. The molecule has 0 fully saturated rings. The predicted octanol–water partition coefficient (Wildman–Crippen LogP) is 8.22. The fourth-order valence-electron chi connectivity index (χ4n) is 4.35. The molecule has 3 unspecified atom stereocenters. The third kappa shape index (κ3) is 7.08. The van der Waals surface area contributed by atoms with Gasteiger partial charge < -0.3 is 9.84 Å². The first-order valence-electron chi connectivity index (χ1n) is 11.8. The van der Waals surface area contributed by atoms with Gasteiger partial charge in [0.2, 0.25) is 0 Å². The van der Waals surface area contributed by atoms with Crippen LogP contribution in [-0.4, -0.2) is 10.7 Å². The largest absolute Gasteiger partial charge is 0.508 e. The number of hydrogen-bond donors (Lipinski definition) is 1. The van der Waals surface area contributed by atoms with Crippen LogP contribution < -0.4 is 4.74 Å². The maximum absolute atomic E-state index is 10.1. The highest BCUT2D eigenvalue weighted by Crippen LogP contribution is 2.40. The first-order chi connectivity index (χ1) is 13.6. The Balaban J connectivity index is 1.74. The summed E-state index contributed by atoms with van der Waals surface area (Å²) in [6, 6.07) is 1.82. The van der Waals surface area contributed by atoms with E-state index >= 15 is 0 Å². The molecule has 0 saturated heterocycles. The summed E-state index contributed by atoms with van der Waals surface area (Å²) in [5.41, 5.74) is 2.71. The van der Waals surface area contributed by atoms with Gasteiger partial charge in [0.25, 0.3) is 0 Å². The van der Waals surface area contributed by atoms with Gasteiger partial charge in [0.05, 0.1) is 0 Å². The number of phenolic OH excluding ortho intramolecular Hbond substituents is 1. The second kappa shape index (κ2) is 10.5. The molecule has 29 heavy (non-hydrogen) atoms. The van der Waals surface area contributed by atoms with Crippen LogP contribution in [0, 0.1) is 31.6 Å². The number of hydrogen-bond acceptors (Lipinski definition) is 2. The van der Waals surface area contributed by atoms with E-state index in [-0.39, 0.29) is 5.60 Å². The van der Waals surface area contributed by atoms with Crippen molar-refractivity contribution in [2.45, 2.75) is 105 Å². The predicted molar refractivity (Wildman–Crippen MR) is 126 cm³/mol. The van der Waals surface area contributed by atoms with Crippen molar-refractivity contribution in [3.63, 3.8) is 0 Å². The van der Waals surface area contributed by atoms with Crippen LogP contribution in [0.15, 0.2) is 12.1 Å². The number of ether oxygens (including phenoxy) is 1. The quantitative estimate of drug-likeness (QED) is 0.405. The molecular formula is C27H44O2. The molecule has 1 aliphatic rings. The lowest BCUT2D eigenvalue weighted by Crippen LogP contribution is -2.32. The zero-order valence-corrected chi connectivity index (χ0v) is 20.0. The van der Waals surface area contributed by atoms with E-state index in [9.17, 15) is 5.11 Å². The van der Waals surface area contributed by atoms with Gasteiger partial charge in [-0.3, -0.25) is 0 Å². The second-order valence-electron chi connectivity index (χ2n) is 10.3. The van der Waals surface area contributed by atoms with Crippen LogP contribution in [-0.2, 0) is 0 Å². The van der Waals surface area contributed by atoms with E-state index in [1.807, 2.05) is 19.9 Å². The molecule has 164 valence electrons. The van der Waals surface area contributed by atoms with E-state index < -0.39 is 0 Å². The van der Waals surface area contributed by atoms with E-state index in [2.05, 4.69) is 46.8 Å². The van der Waals surface area contributed by atoms with Crippen LogP contribution in [0.5, 0.6) is 11.5 Å². The Labute approximate surface area is 179 Å². The average molecular weight is 401 g/mol. The van der Waals surface area contributed by atoms with Gasteiger partial charge in [-0.2, -0.15) is 0 Å². The molecule has 0 radical (unpaired) electrons. The molecule has 1 aromatic rings. The Morgan fingerprint density at radius 3 is 2.17 bits per heavy atom. The van der Waals surface area contributed by atoms with E-state index in [0.29, 0.717) is 5.75 Å². The molecule has 0 aromatic heterocycles. The molecule has 0 spiro atoms. The summed E-state index contributed by atoms with van der Waals surface area (Å²) in [7, 11) is 0. The Hall–Kier alpha value is -1.44. The summed E-state index contributed by atoms with van der Waals surface area (Å²) in [6.45, 7) is 15.7. The van der Waals surface area contributed by atoms with Crippen molar-refractivity contribution in [2.24, 2.45) is 17.8 Å².